The molecule has 1 saturated heterocycles. The highest BCUT2D eigenvalue weighted by Crippen LogP contribution is 2.12. The molecule has 76 valence electrons. The fraction of sp³-hybridized carbons (Fsp3) is 0.818. The van der Waals surface area contributed by atoms with Crippen molar-refractivity contribution in [3.63, 3.8) is 0 Å². The molecule has 2 heteroatoms. The van der Waals surface area contributed by atoms with Gasteiger partial charge in [-0.15, -0.1) is 0 Å². The molecule has 2 nitrogen and oxygen atoms in total. The molecular weight excluding hydrogens is 162 g/mol. The highest BCUT2D eigenvalue weighted by atomic mass is 16.5. The average molecular weight is 183 g/mol. The van der Waals surface area contributed by atoms with E-state index in [1.54, 1.807) is 0 Å². The van der Waals surface area contributed by atoms with Crippen LogP contribution < -0.4 is 5.32 Å². The van der Waals surface area contributed by atoms with E-state index in [0.717, 1.165) is 25.6 Å². The van der Waals surface area contributed by atoms with Crippen molar-refractivity contribution in [3.05, 3.63) is 12.2 Å². The number of hydrogen-bond donors (Lipinski definition) is 1. The second-order valence-electron chi connectivity index (χ2n) is 4.03. The van der Waals surface area contributed by atoms with Crippen molar-refractivity contribution in [1.29, 1.82) is 0 Å². The Kier molecular flexibility index (Phi) is 5.09. The molecule has 1 rings (SSSR count). The predicted octanol–water partition coefficient (Wildman–Crippen LogP) is 1.97. The lowest BCUT2D eigenvalue weighted by Gasteiger charge is -2.05. The summed E-state index contributed by atoms with van der Waals surface area (Å²) >= 11 is 0. The minimum absolute atomic E-state index is 0.390. The third kappa shape index (κ3) is 5.06. The summed E-state index contributed by atoms with van der Waals surface area (Å²) in [5.41, 5.74) is 0. The van der Waals surface area contributed by atoms with Crippen LogP contribution in [0.1, 0.15) is 26.7 Å². The molecule has 1 unspecified atom stereocenters. The Morgan fingerprint density at radius 3 is 3.00 bits per heavy atom. The normalized spacial score (nSPS) is 23.5. The van der Waals surface area contributed by atoms with Gasteiger partial charge in [0.2, 0.25) is 0 Å². The molecule has 1 fully saturated rings. The maximum Gasteiger partial charge on any atom is 0.0757 e. The number of hydrogen-bond acceptors (Lipinski definition) is 2. The van der Waals surface area contributed by atoms with Gasteiger partial charge < -0.3 is 10.1 Å². The second kappa shape index (κ2) is 6.17. The molecule has 0 amide bonds. The maximum atomic E-state index is 5.47. The Morgan fingerprint density at radius 2 is 2.38 bits per heavy atom. The topological polar surface area (TPSA) is 21.3 Å². The third-order valence-corrected chi connectivity index (χ3v) is 2.13. The summed E-state index contributed by atoms with van der Waals surface area (Å²) in [5.74, 6) is 0.733. The number of rotatable bonds is 5. The summed E-state index contributed by atoms with van der Waals surface area (Å²) in [6.07, 6.45) is 7.16. The number of nitrogens with one attached hydrogen (secondary N) is 1. The van der Waals surface area contributed by atoms with E-state index in [-0.39, 0.29) is 0 Å². The van der Waals surface area contributed by atoms with Crippen molar-refractivity contribution < 1.29 is 4.74 Å². The van der Waals surface area contributed by atoms with E-state index in [4.69, 9.17) is 4.74 Å². The zero-order chi connectivity index (χ0) is 9.52. The highest BCUT2D eigenvalue weighted by molar-refractivity contribution is 4.92. The van der Waals surface area contributed by atoms with E-state index in [1.165, 1.54) is 12.8 Å². The fourth-order valence-corrected chi connectivity index (χ4v) is 1.43. The van der Waals surface area contributed by atoms with Crippen molar-refractivity contribution in [2.45, 2.75) is 32.8 Å². The van der Waals surface area contributed by atoms with Crippen LogP contribution in [-0.2, 0) is 4.74 Å². The van der Waals surface area contributed by atoms with Gasteiger partial charge in [-0.05, 0) is 25.3 Å². The van der Waals surface area contributed by atoms with Gasteiger partial charge in [0.15, 0.2) is 0 Å². The van der Waals surface area contributed by atoms with E-state index in [1.807, 2.05) is 0 Å². The Bertz CT molecular complexity index is 148. The average Bonchev–Trinajstić information content (AvgIpc) is 2.55. The molecule has 0 aromatic heterocycles. The molecule has 0 aliphatic carbocycles. The van der Waals surface area contributed by atoms with Crippen LogP contribution >= 0.6 is 0 Å². The van der Waals surface area contributed by atoms with E-state index >= 15 is 0 Å². The minimum Gasteiger partial charge on any atom is -0.374 e. The number of ether oxygens (including phenoxy) is 1. The predicted molar refractivity (Wildman–Crippen MR) is 55.8 cm³/mol. The Balaban J connectivity index is 1.97. The lowest BCUT2D eigenvalue weighted by atomic mass is 10.2. The van der Waals surface area contributed by atoms with Crippen LogP contribution in [0.4, 0.5) is 0 Å². The second-order valence-corrected chi connectivity index (χ2v) is 4.03. The molecular formula is C11H21NO. The highest BCUT2D eigenvalue weighted by Gasteiger charge is 2.10. The molecule has 0 aromatic rings. The molecule has 1 aliphatic rings. The van der Waals surface area contributed by atoms with Crippen LogP contribution in [0.25, 0.3) is 0 Å². The van der Waals surface area contributed by atoms with E-state index in [0.29, 0.717) is 6.10 Å². The van der Waals surface area contributed by atoms with Gasteiger partial charge in [0.05, 0.1) is 6.10 Å². The van der Waals surface area contributed by atoms with Crippen molar-refractivity contribution >= 4 is 0 Å². The van der Waals surface area contributed by atoms with Gasteiger partial charge in [-0.2, -0.15) is 0 Å². The van der Waals surface area contributed by atoms with E-state index in [2.05, 4.69) is 31.3 Å². The SMILES string of the molecule is CC(C)CNC/C=C/C1CCCO1. The van der Waals surface area contributed by atoms with Gasteiger partial charge in [0, 0.05) is 13.2 Å². The molecule has 0 aromatic carbocycles. The Hall–Kier alpha value is -0.340. The van der Waals surface area contributed by atoms with Gasteiger partial charge in [-0.25, -0.2) is 0 Å². The van der Waals surface area contributed by atoms with Gasteiger partial charge in [0.1, 0.15) is 0 Å². The quantitative estimate of drug-likeness (QED) is 0.520. The van der Waals surface area contributed by atoms with Gasteiger partial charge in [-0.3, -0.25) is 0 Å². The lowest BCUT2D eigenvalue weighted by Crippen LogP contribution is -2.19. The first-order valence-corrected chi connectivity index (χ1v) is 5.28. The monoisotopic (exact) mass is 183 g/mol. The van der Waals surface area contributed by atoms with E-state index in [9.17, 15) is 0 Å². The van der Waals surface area contributed by atoms with Gasteiger partial charge >= 0.3 is 0 Å². The van der Waals surface area contributed by atoms with Crippen LogP contribution in [0, 0.1) is 5.92 Å². The van der Waals surface area contributed by atoms with Gasteiger partial charge in [0.25, 0.3) is 0 Å². The van der Waals surface area contributed by atoms with Gasteiger partial charge in [-0.1, -0.05) is 26.0 Å². The minimum atomic E-state index is 0.390. The summed E-state index contributed by atoms with van der Waals surface area (Å²) in [6, 6.07) is 0. The molecule has 0 radical (unpaired) electrons. The first-order chi connectivity index (χ1) is 6.29. The van der Waals surface area contributed by atoms with Crippen LogP contribution in [0.15, 0.2) is 12.2 Å². The molecule has 1 atom stereocenters. The smallest absolute Gasteiger partial charge is 0.0757 e. The van der Waals surface area contributed by atoms with Crippen LogP contribution in [0.5, 0.6) is 0 Å². The maximum absolute atomic E-state index is 5.47. The molecule has 0 bridgehead atoms. The molecule has 1 heterocycles. The van der Waals surface area contributed by atoms with Crippen molar-refractivity contribution in [3.8, 4) is 0 Å². The molecule has 0 spiro atoms. The van der Waals surface area contributed by atoms with Crippen LogP contribution in [0.2, 0.25) is 0 Å². The van der Waals surface area contributed by atoms with E-state index < -0.39 is 0 Å². The molecule has 13 heavy (non-hydrogen) atoms. The fourth-order valence-electron chi connectivity index (χ4n) is 1.43. The Labute approximate surface area is 81.4 Å². The van der Waals surface area contributed by atoms with Crippen LogP contribution in [0.3, 0.4) is 0 Å². The zero-order valence-electron chi connectivity index (χ0n) is 8.75. The standard InChI is InChI=1S/C11H21NO/c1-10(2)9-12-7-3-5-11-6-4-8-13-11/h3,5,10-12H,4,6-9H2,1-2H3/b5-3+. The molecule has 0 saturated carbocycles. The Morgan fingerprint density at radius 1 is 1.54 bits per heavy atom. The third-order valence-electron chi connectivity index (χ3n) is 2.13. The summed E-state index contributed by atoms with van der Waals surface area (Å²) in [7, 11) is 0. The molecule has 1 aliphatic heterocycles. The van der Waals surface area contributed by atoms with Crippen molar-refractivity contribution in [2.24, 2.45) is 5.92 Å². The molecule has 1 N–H and O–H groups in total. The summed E-state index contributed by atoms with van der Waals surface area (Å²) in [5, 5.41) is 3.37. The lowest BCUT2D eigenvalue weighted by molar-refractivity contribution is 0.145. The summed E-state index contributed by atoms with van der Waals surface area (Å²) < 4.78 is 5.47. The first kappa shape index (κ1) is 10.7. The summed E-state index contributed by atoms with van der Waals surface area (Å²) in [4.78, 5) is 0. The van der Waals surface area contributed by atoms with Crippen molar-refractivity contribution in [2.75, 3.05) is 19.7 Å². The zero-order valence-corrected chi connectivity index (χ0v) is 8.75. The first-order valence-electron chi connectivity index (χ1n) is 5.28. The van der Waals surface area contributed by atoms with Crippen LogP contribution in [-0.4, -0.2) is 25.8 Å². The summed E-state index contributed by atoms with van der Waals surface area (Å²) in [6.45, 7) is 7.44. The van der Waals surface area contributed by atoms with Crippen molar-refractivity contribution in [1.82, 2.24) is 5.32 Å². The largest absolute Gasteiger partial charge is 0.374 e.